The van der Waals surface area contributed by atoms with E-state index in [1.807, 2.05) is 65.6 Å². The first-order valence-corrected chi connectivity index (χ1v) is 10.3. The maximum Gasteiger partial charge on any atom is 0.267 e. The summed E-state index contributed by atoms with van der Waals surface area (Å²) < 4.78 is 17.1. The highest BCUT2D eigenvalue weighted by atomic mass is 16.6. The lowest BCUT2D eigenvalue weighted by Gasteiger charge is -2.35. The van der Waals surface area contributed by atoms with E-state index in [2.05, 4.69) is 5.16 Å². The lowest BCUT2D eigenvalue weighted by atomic mass is 10.1. The third-order valence-electron chi connectivity index (χ3n) is 5.61. The molecule has 0 bridgehead atoms. The first-order valence-electron chi connectivity index (χ1n) is 10.3. The van der Waals surface area contributed by atoms with E-state index in [0.717, 1.165) is 36.7 Å². The Bertz CT molecular complexity index is 1010. The molecule has 7 nitrogen and oxygen atoms in total. The van der Waals surface area contributed by atoms with Crippen LogP contribution in [0.25, 0.3) is 11.3 Å². The average Bonchev–Trinajstić information content (AvgIpc) is 3.28. The quantitative estimate of drug-likeness (QED) is 0.710. The zero-order valence-corrected chi connectivity index (χ0v) is 16.6. The molecule has 30 heavy (non-hydrogen) atoms. The molecule has 1 saturated heterocycles. The second-order valence-corrected chi connectivity index (χ2v) is 7.66. The third-order valence-corrected chi connectivity index (χ3v) is 5.61. The number of para-hydroxylation sites is 2. The number of nitrogens with zero attached hydrogens (tertiary/aromatic N) is 2. The maximum atomic E-state index is 12.9. The number of amides is 1. The van der Waals surface area contributed by atoms with Gasteiger partial charge in [0.25, 0.3) is 5.91 Å². The Morgan fingerprint density at radius 1 is 1.03 bits per heavy atom. The van der Waals surface area contributed by atoms with E-state index < -0.39 is 6.10 Å². The van der Waals surface area contributed by atoms with Gasteiger partial charge in [0.15, 0.2) is 17.3 Å². The minimum Gasteiger partial charge on any atom is -0.485 e. The number of carbonyl (C=O) groups excluding carboxylic acids is 1. The summed E-state index contributed by atoms with van der Waals surface area (Å²) in [6.07, 6.45) is -0.578. The molecule has 1 N–H and O–H groups in total. The molecule has 2 aliphatic rings. The number of piperazine rings is 1. The summed E-state index contributed by atoms with van der Waals surface area (Å²) >= 11 is 0. The Morgan fingerprint density at radius 2 is 1.77 bits per heavy atom. The van der Waals surface area contributed by atoms with Crippen LogP contribution in [0.3, 0.4) is 0 Å². The maximum absolute atomic E-state index is 12.9. The average molecular weight is 406 g/mol. The highest BCUT2D eigenvalue weighted by Gasteiger charge is 2.33. The fourth-order valence-electron chi connectivity index (χ4n) is 3.95. The van der Waals surface area contributed by atoms with Crippen molar-refractivity contribution in [3.05, 3.63) is 66.4 Å². The molecule has 0 unspecified atom stereocenters. The monoisotopic (exact) mass is 406 g/mol. The molecule has 0 radical (unpaired) electrons. The molecule has 1 atom stereocenters. The number of aromatic nitrogens is 1. The molecule has 5 rings (SSSR count). The van der Waals surface area contributed by atoms with Crippen LogP contribution in [0, 0.1) is 0 Å². The number of hydrogen-bond acceptors (Lipinski definition) is 5. The third kappa shape index (κ3) is 3.89. The van der Waals surface area contributed by atoms with Gasteiger partial charge < -0.3 is 23.8 Å². The first-order chi connectivity index (χ1) is 14.8. The fourth-order valence-corrected chi connectivity index (χ4v) is 3.95. The molecule has 3 heterocycles. The lowest BCUT2D eigenvalue weighted by Crippen LogP contribution is -3.13. The molecule has 154 valence electrons. The number of nitrogens with one attached hydrogen (secondary N) is 1. The number of fused-ring (bicyclic) bond motifs is 1. The van der Waals surface area contributed by atoms with E-state index in [9.17, 15) is 4.79 Å². The summed E-state index contributed by atoms with van der Waals surface area (Å²) in [5, 5.41) is 4.22. The van der Waals surface area contributed by atoms with Crippen LogP contribution in [0.1, 0.15) is 5.69 Å². The van der Waals surface area contributed by atoms with Crippen LogP contribution in [0.2, 0.25) is 0 Å². The minimum atomic E-state index is -0.578. The van der Waals surface area contributed by atoms with Crippen LogP contribution in [0.4, 0.5) is 0 Å². The number of rotatable bonds is 4. The summed E-state index contributed by atoms with van der Waals surface area (Å²) in [5.74, 6) is 2.11. The van der Waals surface area contributed by atoms with Gasteiger partial charge >= 0.3 is 0 Å². The van der Waals surface area contributed by atoms with Crippen LogP contribution >= 0.6 is 0 Å². The van der Waals surface area contributed by atoms with Crippen molar-refractivity contribution in [1.29, 1.82) is 0 Å². The Labute approximate surface area is 174 Å². The van der Waals surface area contributed by atoms with Gasteiger partial charge in [-0.05, 0) is 12.1 Å². The molecule has 0 saturated carbocycles. The van der Waals surface area contributed by atoms with Crippen LogP contribution < -0.4 is 14.4 Å². The zero-order chi connectivity index (χ0) is 20.3. The van der Waals surface area contributed by atoms with Crippen molar-refractivity contribution in [2.24, 2.45) is 0 Å². The Hall–Kier alpha value is -3.32. The van der Waals surface area contributed by atoms with Crippen LogP contribution in [-0.2, 0) is 11.3 Å². The van der Waals surface area contributed by atoms with Crippen molar-refractivity contribution in [3.63, 3.8) is 0 Å². The summed E-state index contributed by atoms with van der Waals surface area (Å²) in [5.41, 5.74) is 1.96. The molecular weight excluding hydrogens is 382 g/mol. The summed E-state index contributed by atoms with van der Waals surface area (Å²) in [6, 6.07) is 19.4. The number of quaternary nitrogens is 1. The molecule has 2 aromatic carbocycles. The van der Waals surface area contributed by atoms with Gasteiger partial charge in [0, 0.05) is 11.6 Å². The second kappa shape index (κ2) is 8.20. The Balaban J connectivity index is 1.14. The van der Waals surface area contributed by atoms with Gasteiger partial charge in [-0.1, -0.05) is 47.6 Å². The molecule has 7 heteroatoms. The van der Waals surface area contributed by atoms with Gasteiger partial charge in [-0.25, -0.2) is 0 Å². The summed E-state index contributed by atoms with van der Waals surface area (Å²) in [4.78, 5) is 16.1. The largest absolute Gasteiger partial charge is 0.485 e. The fraction of sp³-hybridized carbons (Fsp3) is 0.304. The number of benzene rings is 2. The molecule has 1 amide bonds. The number of hydrogen-bond donors (Lipinski definition) is 1. The highest BCUT2D eigenvalue weighted by molar-refractivity contribution is 5.82. The van der Waals surface area contributed by atoms with Crippen LogP contribution in [-0.4, -0.2) is 54.9 Å². The van der Waals surface area contributed by atoms with Gasteiger partial charge in [-0.3, -0.25) is 4.79 Å². The van der Waals surface area contributed by atoms with Gasteiger partial charge in [0.05, 0.1) is 26.2 Å². The normalized spacial score (nSPS) is 18.9. The molecule has 3 aromatic rings. The van der Waals surface area contributed by atoms with Crippen molar-refractivity contribution >= 4 is 5.91 Å². The van der Waals surface area contributed by atoms with Gasteiger partial charge in [0.2, 0.25) is 6.10 Å². The standard InChI is InChI=1S/C23H23N3O4/c27-23(22-16-28-19-8-4-5-9-20(19)29-22)26-12-10-25(11-13-26)15-18-14-21(30-24-18)17-6-2-1-3-7-17/h1-9,14,22H,10-13,15-16H2/p+1/t22-/m0/s1. The van der Waals surface area contributed by atoms with E-state index in [4.69, 9.17) is 14.0 Å². The van der Waals surface area contributed by atoms with Gasteiger partial charge in [-0.15, -0.1) is 0 Å². The topological polar surface area (TPSA) is 69.2 Å². The van der Waals surface area contributed by atoms with Crippen molar-refractivity contribution in [3.8, 4) is 22.8 Å². The molecule has 2 aliphatic heterocycles. The predicted molar refractivity (Wildman–Crippen MR) is 109 cm³/mol. The molecule has 1 aromatic heterocycles. The minimum absolute atomic E-state index is 0.00338. The van der Waals surface area contributed by atoms with E-state index in [0.29, 0.717) is 24.6 Å². The van der Waals surface area contributed by atoms with E-state index >= 15 is 0 Å². The van der Waals surface area contributed by atoms with Crippen molar-refractivity contribution in [2.75, 3.05) is 32.8 Å². The molecule has 0 aliphatic carbocycles. The van der Waals surface area contributed by atoms with Gasteiger partial charge in [0.1, 0.15) is 18.8 Å². The van der Waals surface area contributed by atoms with E-state index in [-0.39, 0.29) is 12.5 Å². The highest BCUT2D eigenvalue weighted by Crippen LogP contribution is 2.31. The second-order valence-electron chi connectivity index (χ2n) is 7.66. The predicted octanol–water partition coefficient (Wildman–Crippen LogP) is 1.41. The first kappa shape index (κ1) is 18.7. The van der Waals surface area contributed by atoms with Crippen molar-refractivity contribution in [2.45, 2.75) is 12.6 Å². The summed E-state index contributed by atoms with van der Waals surface area (Å²) in [6.45, 7) is 4.16. The zero-order valence-electron chi connectivity index (χ0n) is 16.6. The van der Waals surface area contributed by atoms with Gasteiger partial charge in [-0.2, -0.15) is 0 Å². The van der Waals surface area contributed by atoms with E-state index in [1.54, 1.807) is 0 Å². The Morgan fingerprint density at radius 3 is 2.57 bits per heavy atom. The SMILES string of the molecule is O=C([C@@H]1COc2ccccc2O1)N1CC[NH+](Cc2cc(-c3ccccc3)on2)CC1. The van der Waals surface area contributed by atoms with E-state index in [1.165, 1.54) is 4.90 Å². The van der Waals surface area contributed by atoms with Crippen LogP contribution in [0.15, 0.2) is 65.2 Å². The lowest BCUT2D eigenvalue weighted by molar-refractivity contribution is -0.918. The Kier molecular flexibility index (Phi) is 5.11. The smallest absolute Gasteiger partial charge is 0.267 e. The van der Waals surface area contributed by atoms with Crippen molar-refractivity contribution in [1.82, 2.24) is 10.1 Å². The number of ether oxygens (including phenoxy) is 2. The number of carbonyl (C=O) groups is 1. The van der Waals surface area contributed by atoms with Crippen LogP contribution in [0.5, 0.6) is 11.5 Å². The molecular formula is C23H24N3O4+. The summed E-state index contributed by atoms with van der Waals surface area (Å²) in [7, 11) is 0. The molecule has 0 spiro atoms. The molecule has 1 fully saturated rings. The van der Waals surface area contributed by atoms with Crippen molar-refractivity contribution < 1.29 is 23.7 Å².